The predicted molar refractivity (Wildman–Crippen MR) is 79.3 cm³/mol. The predicted octanol–water partition coefficient (Wildman–Crippen LogP) is 2.66. The van der Waals surface area contributed by atoms with Gasteiger partial charge in [0.15, 0.2) is 0 Å². The highest BCUT2D eigenvalue weighted by atomic mass is 15.3. The molecule has 0 aliphatic heterocycles. The average Bonchev–Trinajstić information content (AvgIpc) is 3.15. The van der Waals surface area contributed by atoms with Crippen LogP contribution in [0.25, 0.3) is 0 Å². The number of aromatic nitrogens is 3. The standard InChI is InChI=1S/C16H22N4/c1-11(2)10-20-15(9-17)18-19-16(20)14-8-13(14)12-6-4-3-5-7-12/h3-7,11,13-14H,8-10,17H2,1-2H3. The second kappa shape index (κ2) is 5.37. The fourth-order valence-corrected chi connectivity index (χ4v) is 2.89. The van der Waals surface area contributed by atoms with Crippen LogP contribution < -0.4 is 5.73 Å². The van der Waals surface area contributed by atoms with Crippen molar-refractivity contribution in [2.45, 2.75) is 45.2 Å². The van der Waals surface area contributed by atoms with Gasteiger partial charge in [-0.2, -0.15) is 0 Å². The minimum Gasteiger partial charge on any atom is -0.324 e. The normalized spacial score (nSPS) is 21.4. The highest BCUT2D eigenvalue weighted by Crippen LogP contribution is 2.54. The number of rotatable bonds is 5. The largest absolute Gasteiger partial charge is 0.324 e. The smallest absolute Gasteiger partial charge is 0.146 e. The molecule has 1 aromatic carbocycles. The van der Waals surface area contributed by atoms with Gasteiger partial charge in [-0.05, 0) is 23.8 Å². The Kier molecular flexibility index (Phi) is 3.57. The van der Waals surface area contributed by atoms with E-state index in [9.17, 15) is 0 Å². The summed E-state index contributed by atoms with van der Waals surface area (Å²) in [6, 6.07) is 10.7. The lowest BCUT2D eigenvalue weighted by Gasteiger charge is -2.12. The number of nitrogens with zero attached hydrogens (tertiary/aromatic N) is 3. The maximum Gasteiger partial charge on any atom is 0.146 e. The molecule has 1 saturated carbocycles. The Balaban J connectivity index is 1.84. The first-order chi connectivity index (χ1) is 9.70. The molecular formula is C16H22N4. The highest BCUT2D eigenvalue weighted by molar-refractivity contribution is 5.31. The van der Waals surface area contributed by atoms with Gasteiger partial charge in [0.25, 0.3) is 0 Å². The number of nitrogens with two attached hydrogens (primary N) is 1. The average molecular weight is 270 g/mol. The molecule has 0 spiro atoms. The van der Waals surface area contributed by atoms with Crippen LogP contribution >= 0.6 is 0 Å². The van der Waals surface area contributed by atoms with Gasteiger partial charge >= 0.3 is 0 Å². The molecule has 106 valence electrons. The molecule has 4 heteroatoms. The highest BCUT2D eigenvalue weighted by Gasteiger charge is 2.43. The molecule has 4 nitrogen and oxygen atoms in total. The third-order valence-electron chi connectivity index (χ3n) is 3.94. The summed E-state index contributed by atoms with van der Waals surface area (Å²) in [4.78, 5) is 0. The van der Waals surface area contributed by atoms with Crippen LogP contribution in [-0.2, 0) is 13.1 Å². The third-order valence-corrected chi connectivity index (χ3v) is 3.94. The Bertz CT molecular complexity index is 573. The van der Waals surface area contributed by atoms with Gasteiger partial charge in [-0.25, -0.2) is 0 Å². The third kappa shape index (κ3) is 2.48. The van der Waals surface area contributed by atoms with Crippen LogP contribution in [0.1, 0.15) is 49.3 Å². The Morgan fingerprint density at radius 1 is 1.20 bits per heavy atom. The van der Waals surface area contributed by atoms with E-state index in [1.165, 1.54) is 12.0 Å². The van der Waals surface area contributed by atoms with Crippen LogP contribution in [0.3, 0.4) is 0 Å². The zero-order valence-electron chi connectivity index (χ0n) is 12.2. The summed E-state index contributed by atoms with van der Waals surface area (Å²) in [6.45, 7) is 5.84. The van der Waals surface area contributed by atoms with Crippen LogP contribution in [0, 0.1) is 5.92 Å². The number of hydrogen-bond acceptors (Lipinski definition) is 3. The molecule has 1 fully saturated rings. The summed E-state index contributed by atoms with van der Waals surface area (Å²) in [5, 5.41) is 8.68. The van der Waals surface area contributed by atoms with E-state index in [0.29, 0.717) is 24.3 Å². The summed E-state index contributed by atoms with van der Waals surface area (Å²) in [5.41, 5.74) is 7.19. The van der Waals surface area contributed by atoms with Crippen molar-refractivity contribution in [3.8, 4) is 0 Å². The SMILES string of the molecule is CC(C)Cn1c(CN)nnc1C1CC1c1ccccc1. The van der Waals surface area contributed by atoms with E-state index in [4.69, 9.17) is 5.73 Å². The van der Waals surface area contributed by atoms with Crippen molar-refractivity contribution in [1.29, 1.82) is 0 Å². The van der Waals surface area contributed by atoms with Crippen LogP contribution in [0.2, 0.25) is 0 Å². The number of benzene rings is 1. The van der Waals surface area contributed by atoms with Crippen molar-refractivity contribution in [2.75, 3.05) is 0 Å². The molecule has 20 heavy (non-hydrogen) atoms. The van der Waals surface area contributed by atoms with E-state index in [1.807, 2.05) is 0 Å². The van der Waals surface area contributed by atoms with E-state index >= 15 is 0 Å². The second-order valence-electron chi connectivity index (χ2n) is 6.04. The fraction of sp³-hybridized carbons (Fsp3) is 0.500. The minimum absolute atomic E-state index is 0.461. The summed E-state index contributed by atoms with van der Waals surface area (Å²) >= 11 is 0. The molecule has 1 aliphatic carbocycles. The minimum atomic E-state index is 0.461. The maximum atomic E-state index is 5.78. The molecule has 1 aromatic heterocycles. The van der Waals surface area contributed by atoms with Gasteiger partial charge < -0.3 is 10.3 Å². The summed E-state index contributed by atoms with van der Waals surface area (Å²) in [5.74, 6) is 3.70. The molecule has 2 unspecified atom stereocenters. The van der Waals surface area contributed by atoms with E-state index in [-0.39, 0.29) is 0 Å². The summed E-state index contributed by atoms with van der Waals surface area (Å²) in [6.07, 6.45) is 1.17. The van der Waals surface area contributed by atoms with E-state index in [2.05, 4.69) is 58.9 Å². The maximum absolute atomic E-state index is 5.78. The van der Waals surface area contributed by atoms with Gasteiger partial charge in [0.05, 0.1) is 6.54 Å². The molecule has 0 amide bonds. The molecule has 3 rings (SSSR count). The quantitative estimate of drug-likeness (QED) is 0.908. The summed E-state index contributed by atoms with van der Waals surface area (Å²) < 4.78 is 2.23. The Morgan fingerprint density at radius 2 is 1.95 bits per heavy atom. The second-order valence-corrected chi connectivity index (χ2v) is 6.04. The monoisotopic (exact) mass is 270 g/mol. The molecule has 2 aromatic rings. The van der Waals surface area contributed by atoms with E-state index in [1.54, 1.807) is 0 Å². The Hall–Kier alpha value is -1.68. The summed E-state index contributed by atoms with van der Waals surface area (Å²) in [7, 11) is 0. The van der Waals surface area contributed by atoms with Crippen molar-refractivity contribution in [3.05, 3.63) is 47.5 Å². The van der Waals surface area contributed by atoms with Gasteiger partial charge in [-0.3, -0.25) is 0 Å². The molecule has 2 atom stereocenters. The van der Waals surface area contributed by atoms with Gasteiger partial charge in [-0.15, -0.1) is 10.2 Å². The van der Waals surface area contributed by atoms with Crippen LogP contribution in [-0.4, -0.2) is 14.8 Å². The molecule has 1 heterocycles. The lowest BCUT2D eigenvalue weighted by atomic mass is 10.1. The molecular weight excluding hydrogens is 248 g/mol. The van der Waals surface area contributed by atoms with Crippen LogP contribution in [0.15, 0.2) is 30.3 Å². The first kappa shape index (κ1) is 13.3. The fourth-order valence-electron chi connectivity index (χ4n) is 2.89. The van der Waals surface area contributed by atoms with Crippen molar-refractivity contribution >= 4 is 0 Å². The van der Waals surface area contributed by atoms with Crippen molar-refractivity contribution in [3.63, 3.8) is 0 Å². The first-order valence-electron chi connectivity index (χ1n) is 7.37. The first-order valence-corrected chi connectivity index (χ1v) is 7.37. The molecule has 0 bridgehead atoms. The van der Waals surface area contributed by atoms with Crippen molar-refractivity contribution in [2.24, 2.45) is 11.7 Å². The van der Waals surface area contributed by atoms with E-state index in [0.717, 1.165) is 18.2 Å². The molecule has 0 saturated heterocycles. The Labute approximate surface area is 120 Å². The van der Waals surface area contributed by atoms with Crippen LogP contribution in [0.4, 0.5) is 0 Å². The van der Waals surface area contributed by atoms with Crippen molar-refractivity contribution < 1.29 is 0 Å². The molecule has 0 radical (unpaired) electrons. The lowest BCUT2D eigenvalue weighted by molar-refractivity contribution is 0.491. The molecule has 2 N–H and O–H groups in total. The number of hydrogen-bond donors (Lipinski definition) is 1. The topological polar surface area (TPSA) is 56.7 Å². The van der Waals surface area contributed by atoms with Gasteiger partial charge in [0.1, 0.15) is 11.6 Å². The lowest BCUT2D eigenvalue weighted by Crippen LogP contribution is -2.14. The van der Waals surface area contributed by atoms with Crippen LogP contribution in [0.5, 0.6) is 0 Å². The van der Waals surface area contributed by atoms with Gasteiger partial charge in [-0.1, -0.05) is 44.2 Å². The van der Waals surface area contributed by atoms with E-state index < -0.39 is 0 Å². The zero-order chi connectivity index (χ0) is 14.1. The Morgan fingerprint density at radius 3 is 2.60 bits per heavy atom. The zero-order valence-corrected chi connectivity index (χ0v) is 12.2. The van der Waals surface area contributed by atoms with Crippen molar-refractivity contribution in [1.82, 2.24) is 14.8 Å². The molecule has 1 aliphatic rings. The van der Waals surface area contributed by atoms with Gasteiger partial charge in [0, 0.05) is 12.5 Å². The van der Waals surface area contributed by atoms with Gasteiger partial charge in [0.2, 0.25) is 0 Å².